The second kappa shape index (κ2) is 14.0. The highest BCUT2D eigenvalue weighted by Crippen LogP contribution is 2.23. The van der Waals surface area contributed by atoms with Crippen molar-refractivity contribution in [3.63, 3.8) is 0 Å². The Bertz CT molecular complexity index is 1390. The molecule has 39 heavy (non-hydrogen) atoms. The predicted octanol–water partition coefficient (Wildman–Crippen LogP) is 5.28. The third-order valence-corrected chi connectivity index (χ3v) is 7.84. The van der Waals surface area contributed by atoms with Crippen molar-refractivity contribution in [1.29, 1.82) is 0 Å². The summed E-state index contributed by atoms with van der Waals surface area (Å²) in [7, 11) is -3.85. The lowest BCUT2D eigenvalue weighted by molar-refractivity contribution is -0.140. The van der Waals surface area contributed by atoms with E-state index in [0.29, 0.717) is 11.6 Å². The Labute approximate surface area is 244 Å². The van der Waals surface area contributed by atoms with Gasteiger partial charge in [0, 0.05) is 29.0 Å². The molecule has 0 aliphatic heterocycles. The van der Waals surface area contributed by atoms with Gasteiger partial charge >= 0.3 is 0 Å². The lowest BCUT2D eigenvalue weighted by Gasteiger charge is -2.33. The third kappa shape index (κ3) is 9.37. The molecule has 0 bridgehead atoms. The van der Waals surface area contributed by atoms with E-state index < -0.39 is 28.5 Å². The van der Waals surface area contributed by atoms with Crippen LogP contribution in [0.15, 0.2) is 83.3 Å². The van der Waals surface area contributed by atoms with Crippen LogP contribution in [-0.2, 0) is 32.6 Å². The lowest BCUT2D eigenvalue weighted by atomic mass is 10.0. The first-order valence-corrected chi connectivity index (χ1v) is 15.5. The van der Waals surface area contributed by atoms with Gasteiger partial charge in [-0.15, -0.1) is 0 Å². The van der Waals surface area contributed by atoms with Crippen LogP contribution >= 0.6 is 27.5 Å². The van der Waals surface area contributed by atoms with E-state index in [-0.39, 0.29) is 30.5 Å². The number of nitrogens with zero attached hydrogens (tertiary/aromatic N) is 2. The highest BCUT2D eigenvalue weighted by Gasteiger charge is 2.33. The zero-order valence-corrected chi connectivity index (χ0v) is 25.3. The maximum atomic E-state index is 14.0. The summed E-state index contributed by atoms with van der Waals surface area (Å²) in [5.41, 5.74) is 1.94. The second-order valence-corrected chi connectivity index (χ2v) is 13.0. The molecule has 1 N–H and O–H groups in total. The molecule has 208 valence electrons. The number of halogens is 2. The molecule has 0 saturated heterocycles. The van der Waals surface area contributed by atoms with Gasteiger partial charge in [0.1, 0.15) is 12.6 Å². The van der Waals surface area contributed by atoms with E-state index >= 15 is 0 Å². The molecule has 3 aromatic rings. The van der Waals surface area contributed by atoms with Gasteiger partial charge in [0.15, 0.2) is 0 Å². The molecule has 0 saturated carbocycles. The molecule has 0 aliphatic carbocycles. The first kappa shape index (κ1) is 30.7. The van der Waals surface area contributed by atoms with Crippen LogP contribution in [0.25, 0.3) is 0 Å². The molecule has 7 nitrogen and oxygen atoms in total. The number of anilines is 1. The molecule has 0 aromatic heterocycles. The van der Waals surface area contributed by atoms with Gasteiger partial charge in [0.25, 0.3) is 0 Å². The Balaban J connectivity index is 2.05. The van der Waals surface area contributed by atoms with Crippen LogP contribution in [-0.4, -0.2) is 50.5 Å². The molecular formula is C29H33BrClN3O4S. The largest absolute Gasteiger partial charge is 0.354 e. The van der Waals surface area contributed by atoms with E-state index in [1.54, 1.807) is 18.2 Å². The lowest BCUT2D eigenvalue weighted by Crippen LogP contribution is -2.53. The second-order valence-electron chi connectivity index (χ2n) is 9.75. The molecule has 0 heterocycles. The number of amides is 2. The van der Waals surface area contributed by atoms with E-state index in [9.17, 15) is 18.0 Å². The van der Waals surface area contributed by atoms with Crippen LogP contribution in [0, 0.1) is 5.92 Å². The predicted molar refractivity (Wildman–Crippen MR) is 160 cm³/mol. The van der Waals surface area contributed by atoms with Gasteiger partial charge in [-0.1, -0.05) is 89.9 Å². The van der Waals surface area contributed by atoms with Crippen molar-refractivity contribution in [3.8, 4) is 0 Å². The number of benzene rings is 3. The summed E-state index contributed by atoms with van der Waals surface area (Å²) in [6, 6.07) is 22.3. The van der Waals surface area contributed by atoms with Gasteiger partial charge in [-0.3, -0.25) is 13.9 Å². The van der Waals surface area contributed by atoms with E-state index in [4.69, 9.17) is 11.6 Å². The minimum absolute atomic E-state index is 0.109. The molecule has 0 unspecified atom stereocenters. The fourth-order valence-electron chi connectivity index (χ4n) is 4.05. The zero-order valence-electron chi connectivity index (χ0n) is 22.2. The van der Waals surface area contributed by atoms with Gasteiger partial charge in [0.05, 0.1) is 11.9 Å². The van der Waals surface area contributed by atoms with Crippen LogP contribution in [0.2, 0.25) is 5.02 Å². The topological polar surface area (TPSA) is 86.8 Å². The highest BCUT2D eigenvalue weighted by molar-refractivity contribution is 9.10. The summed E-state index contributed by atoms with van der Waals surface area (Å²) in [4.78, 5) is 29.1. The van der Waals surface area contributed by atoms with Crippen LogP contribution in [0.3, 0.4) is 0 Å². The number of nitrogens with one attached hydrogen (secondary N) is 1. The average molecular weight is 635 g/mol. The Morgan fingerprint density at radius 3 is 2.23 bits per heavy atom. The molecule has 0 radical (unpaired) electrons. The van der Waals surface area contributed by atoms with Crippen molar-refractivity contribution >= 4 is 55.1 Å². The number of hydrogen-bond acceptors (Lipinski definition) is 4. The molecule has 3 rings (SSSR count). The molecule has 0 fully saturated rings. The smallest absolute Gasteiger partial charge is 0.244 e. The van der Waals surface area contributed by atoms with Gasteiger partial charge in [-0.25, -0.2) is 8.42 Å². The SMILES string of the molecule is CC(C)CNC(=O)[C@H](Cc1ccccc1)N(Cc1cccc(Br)c1)C(=O)CN(c1cccc(Cl)c1)S(C)(=O)=O. The summed E-state index contributed by atoms with van der Waals surface area (Å²) in [5.74, 6) is -0.602. The standard InChI is InChI=1S/C29H33BrClN3O4S/c1-21(2)18-32-29(36)27(16-22-9-5-4-6-10-22)33(19-23-11-7-12-24(30)15-23)28(35)20-34(39(3,37)38)26-14-8-13-25(31)17-26/h4-15,17,21,27H,16,18-20H2,1-3H3,(H,32,36)/t27-/m0/s1. The zero-order chi connectivity index (χ0) is 28.6. The first-order chi connectivity index (χ1) is 18.4. The van der Waals surface area contributed by atoms with E-state index in [2.05, 4.69) is 21.2 Å². The highest BCUT2D eigenvalue weighted by atomic mass is 79.9. The molecule has 1 atom stereocenters. The van der Waals surface area contributed by atoms with Gasteiger partial charge in [0.2, 0.25) is 21.8 Å². The van der Waals surface area contributed by atoms with Gasteiger partial charge in [-0.2, -0.15) is 0 Å². The average Bonchev–Trinajstić information content (AvgIpc) is 2.87. The summed E-state index contributed by atoms with van der Waals surface area (Å²) in [6.45, 7) is 4.05. The van der Waals surface area contributed by atoms with Crippen molar-refractivity contribution in [2.75, 3.05) is 23.7 Å². The van der Waals surface area contributed by atoms with Crippen LogP contribution in [0.4, 0.5) is 5.69 Å². The Hall–Kier alpha value is -2.88. The molecule has 0 aliphatic rings. The van der Waals surface area contributed by atoms with Crippen molar-refractivity contribution in [2.45, 2.75) is 32.9 Å². The molecule has 10 heteroatoms. The summed E-state index contributed by atoms with van der Waals surface area (Å²) in [5, 5.41) is 3.31. The fraction of sp³-hybridized carbons (Fsp3) is 0.310. The monoisotopic (exact) mass is 633 g/mol. The van der Waals surface area contributed by atoms with Crippen LogP contribution in [0.1, 0.15) is 25.0 Å². The number of hydrogen-bond donors (Lipinski definition) is 1. The summed E-state index contributed by atoms with van der Waals surface area (Å²) < 4.78 is 27.4. The normalized spacial score (nSPS) is 12.2. The molecule has 2 amide bonds. The number of rotatable bonds is 12. The van der Waals surface area contributed by atoms with Crippen molar-refractivity contribution in [3.05, 3.63) is 99.5 Å². The van der Waals surface area contributed by atoms with E-state index in [1.165, 1.54) is 11.0 Å². The third-order valence-electron chi connectivity index (χ3n) is 5.97. The number of carbonyl (C=O) groups excluding carboxylic acids is 2. The summed E-state index contributed by atoms with van der Waals surface area (Å²) >= 11 is 9.60. The quantitative estimate of drug-likeness (QED) is 0.294. The van der Waals surface area contributed by atoms with Crippen molar-refractivity contribution < 1.29 is 18.0 Å². The van der Waals surface area contributed by atoms with E-state index in [1.807, 2.05) is 68.4 Å². The Kier molecular flexibility index (Phi) is 11.0. The van der Waals surface area contributed by atoms with E-state index in [0.717, 1.165) is 26.2 Å². The van der Waals surface area contributed by atoms with Crippen molar-refractivity contribution in [2.24, 2.45) is 5.92 Å². The van der Waals surface area contributed by atoms with Gasteiger partial charge in [-0.05, 0) is 47.4 Å². The van der Waals surface area contributed by atoms with Crippen LogP contribution < -0.4 is 9.62 Å². The Morgan fingerprint density at radius 1 is 0.949 bits per heavy atom. The minimum Gasteiger partial charge on any atom is -0.354 e. The maximum Gasteiger partial charge on any atom is 0.244 e. The fourth-order valence-corrected chi connectivity index (χ4v) is 5.53. The van der Waals surface area contributed by atoms with Crippen LogP contribution in [0.5, 0.6) is 0 Å². The Morgan fingerprint density at radius 2 is 1.62 bits per heavy atom. The molecule has 3 aromatic carbocycles. The first-order valence-electron chi connectivity index (χ1n) is 12.5. The number of sulfonamides is 1. The summed E-state index contributed by atoms with van der Waals surface area (Å²) in [6.07, 6.45) is 1.30. The maximum absolute atomic E-state index is 14.0. The molecule has 0 spiro atoms. The molecular weight excluding hydrogens is 602 g/mol. The minimum atomic E-state index is -3.85. The van der Waals surface area contributed by atoms with Gasteiger partial charge < -0.3 is 10.2 Å². The van der Waals surface area contributed by atoms with Crippen molar-refractivity contribution in [1.82, 2.24) is 10.2 Å². The number of carbonyl (C=O) groups is 2.